The van der Waals surface area contributed by atoms with Crippen molar-refractivity contribution in [2.75, 3.05) is 0 Å². The molecule has 2 atom stereocenters. The minimum Gasteiger partial charge on any atom is -0.481 e. The predicted octanol–water partition coefficient (Wildman–Crippen LogP) is 4.01. The lowest BCUT2D eigenvalue weighted by molar-refractivity contribution is -0.153. The van der Waals surface area contributed by atoms with Gasteiger partial charge in [0, 0.05) is 11.5 Å². The molecule has 0 heterocycles. The van der Waals surface area contributed by atoms with Crippen molar-refractivity contribution in [2.24, 2.45) is 16.7 Å². The Morgan fingerprint density at radius 3 is 2.24 bits per heavy atom. The number of benzene rings is 1. The van der Waals surface area contributed by atoms with Crippen LogP contribution in [0.4, 0.5) is 0 Å². The van der Waals surface area contributed by atoms with E-state index in [9.17, 15) is 14.7 Å². The molecule has 0 saturated heterocycles. The maximum absolute atomic E-state index is 12.8. The predicted molar refractivity (Wildman–Crippen MR) is 82.5 cm³/mol. The summed E-state index contributed by atoms with van der Waals surface area (Å²) >= 11 is 0. The Kier molecular flexibility index (Phi) is 3.73. The summed E-state index contributed by atoms with van der Waals surface area (Å²) in [6.45, 7) is 9.61. The first-order valence-electron chi connectivity index (χ1n) is 7.46. The summed E-state index contributed by atoms with van der Waals surface area (Å²) in [6.07, 6.45) is 1.19. The lowest BCUT2D eigenvalue weighted by atomic mass is 9.64. The zero-order valence-electron chi connectivity index (χ0n) is 13.5. The molecule has 1 aliphatic carbocycles. The number of carbonyl (C=O) groups is 2. The van der Waals surface area contributed by atoms with Crippen LogP contribution in [0.5, 0.6) is 0 Å². The third-order valence-electron chi connectivity index (χ3n) is 5.81. The van der Waals surface area contributed by atoms with E-state index in [-0.39, 0.29) is 11.7 Å². The average Bonchev–Trinajstić information content (AvgIpc) is 2.64. The molecule has 1 aromatic carbocycles. The van der Waals surface area contributed by atoms with E-state index < -0.39 is 16.8 Å². The van der Waals surface area contributed by atoms with Gasteiger partial charge in [0.05, 0.1) is 5.41 Å². The third kappa shape index (κ3) is 2.29. The fraction of sp³-hybridized carbons (Fsp3) is 0.556. The summed E-state index contributed by atoms with van der Waals surface area (Å²) in [5, 5.41) is 9.55. The van der Waals surface area contributed by atoms with E-state index in [0.29, 0.717) is 18.4 Å². The molecule has 1 aromatic rings. The Bertz CT molecular complexity index is 600. The van der Waals surface area contributed by atoms with Gasteiger partial charge in [-0.25, -0.2) is 0 Å². The van der Waals surface area contributed by atoms with Gasteiger partial charge in [0.2, 0.25) is 0 Å². The highest BCUT2D eigenvalue weighted by Crippen LogP contribution is 2.56. The maximum Gasteiger partial charge on any atom is 0.309 e. The van der Waals surface area contributed by atoms with Crippen LogP contribution < -0.4 is 0 Å². The van der Waals surface area contributed by atoms with Crippen LogP contribution >= 0.6 is 0 Å². The van der Waals surface area contributed by atoms with Gasteiger partial charge in [0.25, 0.3) is 0 Å². The van der Waals surface area contributed by atoms with Gasteiger partial charge in [-0.2, -0.15) is 0 Å². The molecule has 0 amide bonds. The molecule has 3 heteroatoms. The second-order valence-corrected chi connectivity index (χ2v) is 7.11. The Hall–Kier alpha value is -1.64. The van der Waals surface area contributed by atoms with E-state index in [0.717, 1.165) is 11.1 Å². The number of hydrogen-bond donors (Lipinski definition) is 1. The van der Waals surface area contributed by atoms with Crippen LogP contribution in [0, 0.1) is 30.6 Å². The fourth-order valence-electron chi connectivity index (χ4n) is 3.44. The molecule has 0 spiro atoms. The number of aryl methyl sites for hydroxylation is 2. The molecule has 1 N–H and O–H groups in total. The van der Waals surface area contributed by atoms with Crippen LogP contribution in [0.1, 0.15) is 55.1 Å². The Labute approximate surface area is 126 Å². The molecule has 21 heavy (non-hydrogen) atoms. The smallest absolute Gasteiger partial charge is 0.309 e. The maximum atomic E-state index is 12.8. The minimum atomic E-state index is -0.840. The number of ketones is 1. The first-order valence-corrected chi connectivity index (χ1v) is 7.46. The molecule has 2 unspecified atom stereocenters. The summed E-state index contributed by atoms with van der Waals surface area (Å²) < 4.78 is 0. The van der Waals surface area contributed by atoms with Gasteiger partial charge in [-0.15, -0.1) is 0 Å². The van der Waals surface area contributed by atoms with Gasteiger partial charge in [0.1, 0.15) is 0 Å². The molecule has 114 valence electrons. The topological polar surface area (TPSA) is 54.4 Å². The highest BCUT2D eigenvalue weighted by molar-refractivity contribution is 5.99. The highest BCUT2D eigenvalue weighted by atomic mass is 16.4. The fourth-order valence-corrected chi connectivity index (χ4v) is 3.44. The van der Waals surface area contributed by atoms with Gasteiger partial charge in [-0.1, -0.05) is 26.0 Å². The Balaban J connectivity index is 2.37. The van der Waals surface area contributed by atoms with Gasteiger partial charge >= 0.3 is 5.97 Å². The lowest BCUT2D eigenvalue weighted by Gasteiger charge is -2.37. The van der Waals surface area contributed by atoms with Crippen molar-refractivity contribution in [1.29, 1.82) is 0 Å². The summed E-state index contributed by atoms with van der Waals surface area (Å²) in [4.78, 5) is 24.5. The van der Waals surface area contributed by atoms with Crippen LogP contribution in [0.3, 0.4) is 0 Å². The van der Waals surface area contributed by atoms with E-state index in [1.807, 2.05) is 45.9 Å². The molecule has 3 nitrogen and oxygen atoms in total. The third-order valence-corrected chi connectivity index (χ3v) is 5.81. The zero-order valence-corrected chi connectivity index (χ0v) is 13.5. The van der Waals surface area contributed by atoms with Crippen LogP contribution in [0.25, 0.3) is 0 Å². The molecule has 1 aliphatic rings. The van der Waals surface area contributed by atoms with Crippen molar-refractivity contribution < 1.29 is 14.7 Å². The standard InChI is InChI=1S/C18H24O3/c1-11-6-7-13(10-12(11)2)15(19)14-8-9-18(5,16(20)21)17(14,3)4/h6-7,10,14H,8-9H2,1-5H3,(H,20,21). The minimum absolute atomic E-state index is 0.0769. The second kappa shape index (κ2) is 4.97. The highest BCUT2D eigenvalue weighted by Gasteiger charge is 2.58. The molecule has 1 fully saturated rings. The van der Waals surface area contributed by atoms with Crippen LogP contribution in [0.2, 0.25) is 0 Å². The van der Waals surface area contributed by atoms with E-state index >= 15 is 0 Å². The van der Waals surface area contributed by atoms with Crippen molar-refractivity contribution in [1.82, 2.24) is 0 Å². The zero-order chi connectivity index (χ0) is 16.0. The molecular weight excluding hydrogens is 264 g/mol. The van der Waals surface area contributed by atoms with E-state index in [4.69, 9.17) is 0 Å². The number of carboxylic acid groups (broad SMARTS) is 1. The van der Waals surface area contributed by atoms with Gasteiger partial charge in [-0.3, -0.25) is 9.59 Å². The summed E-state index contributed by atoms with van der Waals surface area (Å²) in [6, 6.07) is 5.74. The SMILES string of the molecule is Cc1ccc(C(=O)C2CCC(C)(C(=O)O)C2(C)C)cc1C. The first kappa shape index (κ1) is 15.7. The summed E-state index contributed by atoms with van der Waals surface area (Å²) in [5.41, 5.74) is 1.57. The van der Waals surface area contributed by atoms with Crippen LogP contribution in [-0.2, 0) is 4.79 Å². The molecule has 0 aromatic heterocycles. The first-order chi connectivity index (χ1) is 9.61. The molecule has 2 rings (SSSR count). The average molecular weight is 288 g/mol. The number of carboxylic acids is 1. The van der Waals surface area contributed by atoms with Crippen LogP contribution in [0.15, 0.2) is 18.2 Å². The monoisotopic (exact) mass is 288 g/mol. The van der Waals surface area contributed by atoms with E-state index in [1.54, 1.807) is 6.92 Å². The van der Waals surface area contributed by atoms with Crippen molar-refractivity contribution in [3.8, 4) is 0 Å². The summed E-state index contributed by atoms with van der Waals surface area (Å²) in [7, 11) is 0. The number of aliphatic carboxylic acids is 1. The number of carbonyl (C=O) groups excluding carboxylic acids is 1. The molecule has 0 radical (unpaired) electrons. The normalized spacial score (nSPS) is 27.6. The molecule has 0 bridgehead atoms. The van der Waals surface area contributed by atoms with E-state index in [2.05, 4.69) is 0 Å². The molecule has 1 saturated carbocycles. The van der Waals surface area contributed by atoms with Gasteiger partial charge < -0.3 is 5.11 Å². The summed E-state index contributed by atoms with van der Waals surface area (Å²) in [5.74, 6) is -0.961. The largest absolute Gasteiger partial charge is 0.481 e. The number of rotatable bonds is 3. The number of hydrogen-bond acceptors (Lipinski definition) is 2. The molecular formula is C18H24O3. The quantitative estimate of drug-likeness (QED) is 0.855. The Morgan fingerprint density at radius 1 is 1.14 bits per heavy atom. The van der Waals surface area contributed by atoms with E-state index in [1.165, 1.54) is 0 Å². The number of Topliss-reactive ketones (excluding diaryl/α,β-unsaturated/α-hetero) is 1. The lowest BCUT2D eigenvalue weighted by Crippen LogP contribution is -2.42. The van der Waals surface area contributed by atoms with Gasteiger partial charge in [-0.05, 0) is 56.2 Å². The van der Waals surface area contributed by atoms with Crippen molar-refractivity contribution >= 4 is 11.8 Å². The van der Waals surface area contributed by atoms with Crippen molar-refractivity contribution in [2.45, 2.75) is 47.5 Å². The van der Waals surface area contributed by atoms with Gasteiger partial charge in [0.15, 0.2) is 5.78 Å². The van der Waals surface area contributed by atoms with Crippen molar-refractivity contribution in [3.63, 3.8) is 0 Å². The van der Waals surface area contributed by atoms with Crippen LogP contribution in [-0.4, -0.2) is 16.9 Å². The van der Waals surface area contributed by atoms with Crippen molar-refractivity contribution in [3.05, 3.63) is 34.9 Å². The second-order valence-electron chi connectivity index (χ2n) is 7.11. The Morgan fingerprint density at radius 2 is 1.76 bits per heavy atom. The molecule has 0 aliphatic heterocycles.